The molecule has 0 aromatic heterocycles. The smallest absolute Gasteiger partial charge is 0.227 e. The Kier molecular flexibility index (Phi) is 7.85. The zero-order valence-electron chi connectivity index (χ0n) is 18.3. The van der Waals surface area contributed by atoms with E-state index in [0.29, 0.717) is 19.0 Å². The molecule has 2 aromatic rings. The number of amides is 1. The molecule has 6 nitrogen and oxygen atoms in total. The molecule has 2 aromatic carbocycles. The molecule has 0 radical (unpaired) electrons. The Labute approximate surface area is 180 Å². The van der Waals surface area contributed by atoms with Crippen LogP contribution in [0.3, 0.4) is 0 Å². The summed E-state index contributed by atoms with van der Waals surface area (Å²) in [5.41, 5.74) is 3.45. The summed E-state index contributed by atoms with van der Waals surface area (Å²) in [7, 11) is 3.93. The number of guanidine groups is 1. The Hall–Kier alpha value is -2.86. The van der Waals surface area contributed by atoms with E-state index in [-0.39, 0.29) is 5.91 Å². The first kappa shape index (κ1) is 21.8. The van der Waals surface area contributed by atoms with Gasteiger partial charge in [0.15, 0.2) is 5.96 Å². The summed E-state index contributed by atoms with van der Waals surface area (Å²) in [4.78, 5) is 20.4. The van der Waals surface area contributed by atoms with E-state index >= 15 is 0 Å². The molecule has 0 saturated carbocycles. The molecule has 1 aliphatic heterocycles. The zero-order valence-corrected chi connectivity index (χ0v) is 18.3. The van der Waals surface area contributed by atoms with Crippen LogP contribution in [0.15, 0.2) is 59.6 Å². The Morgan fingerprint density at radius 3 is 2.47 bits per heavy atom. The van der Waals surface area contributed by atoms with Crippen molar-refractivity contribution in [2.75, 3.05) is 32.1 Å². The van der Waals surface area contributed by atoms with Gasteiger partial charge in [0, 0.05) is 51.4 Å². The van der Waals surface area contributed by atoms with Gasteiger partial charge in [-0.1, -0.05) is 42.5 Å². The maximum Gasteiger partial charge on any atom is 0.227 e. The van der Waals surface area contributed by atoms with E-state index in [9.17, 15) is 4.79 Å². The molecule has 1 fully saturated rings. The van der Waals surface area contributed by atoms with E-state index in [2.05, 4.69) is 70.9 Å². The summed E-state index contributed by atoms with van der Waals surface area (Å²) in [6.45, 7) is 5.44. The number of aliphatic imine (C=N–C) groups is 1. The summed E-state index contributed by atoms with van der Waals surface area (Å²) in [5, 5.41) is 6.78. The van der Waals surface area contributed by atoms with Gasteiger partial charge < -0.3 is 15.5 Å². The van der Waals surface area contributed by atoms with Crippen LogP contribution in [0.25, 0.3) is 0 Å². The number of rotatable bonds is 8. The van der Waals surface area contributed by atoms with Crippen molar-refractivity contribution in [1.29, 1.82) is 0 Å². The minimum Gasteiger partial charge on any atom is -0.355 e. The highest BCUT2D eigenvalue weighted by atomic mass is 16.2. The van der Waals surface area contributed by atoms with E-state index in [4.69, 9.17) is 0 Å². The van der Waals surface area contributed by atoms with Gasteiger partial charge in [-0.3, -0.25) is 14.7 Å². The van der Waals surface area contributed by atoms with Gasteiger partial charge in [0.25, 0.3) is 0 Å². The first-order valence-electron chi connectivity index (χ1n) is 10.6. The van der Waals surface area contributed by atoms with Crippen molar-refractivity contribution in [3.8, 4) is 0 Å². The molecule has 2 N–H and O–H groups in total. The highest BCUT2D eigenvalue weighted by Gasteiger charge is 2.21. The van der Waals surface area contributed by atoms with E-state index in [1.54, 1.807) is 7.05 Å². The van der Waals surface area contributed by atoms with Crippen molar-refractivity contribution < 1.29 is 4.79 Å². The number of benzene rings is 2. The maximum atomic E-state index is 11.9. The number of hydrogen-bond acceptors (Lipinski definition) is 3. The third kappa shape index (κ3) is 6.07. The quantitative estimate of drug-likeness (QED) is 0.522. The fourth-order valence-corrected chi connectivity index (χ4v) is 3.55. The third-order valence-electron chi connectivity index (χ3n) is 5.60. The van der Waals surface area contributed by atoms with Gasteiger partial charge >= 0.3 is 0 Å². The van der Waals surface area contributed by atoms with Crippen LogP contribution in [0.4, 0.5) is 5.69 Å². The van der Waals surface area contributed by atoms with Crippen molar-refractivity contribution in [3.05, 3.63) is 65.7 Å². The number of anilines is 1. The lowest BCUT2D eigenvalue weighted by Crippen LogP contribution is -2.44. The monoisotopic (exact) mass is 407 g/mol. The maximum absolute atomic E-state index is 11.9. The second-order valence-corrected chi connectivity index (χ2v) is 7.87. The van der Waals surface area contributed by atoms with Gasteiger partial charge in [-0.25, -0.2) is 0 Å². The Morgan fingerprint density at radius 1 is 1.10 bits per heavy atom. The van der Waals surface area contributed by atoms with Crippen LogP contribution in [0.2, 0.25) is 0 Å². The highest BCUT2D eigenvalue weighted by molar-refractivity contribution is 5.95. The molecule has 0 spiro atoms. The zero-order chi connectivity index (χ0) is 21.3. The third-order valence-corrected chi connectivity index (χ3v) is 5.60. The van der Waals surface area contributed by atoms with Crippen LogP contribution >= 0.6 is 0 Å². The molecule has 1 atom stereocenters. The fraction of sp³-hybridized carbons (Fsp3) is 0.417. The molecule has 3 rings (SSSR count). The lowest BCUT2D eigenvalue weighted by molar-refractivity contribution is -0.117. The summed E-state index contributed by atoms with van der Waals surface area (Å²) >= 11 is 0. The first-order valence-corrected chi connectivity index (χ1v) is 10.6. The van der Waals surface area contributed by atoms with E-state index in [1.165, 1.54) is 5.56 Å². The van der Waals surface area contributed by atoms with Crippen LogP contribution in [-0.4, -0.2) is 50.0 Å². The molecular weight excluding hydrogens is 374 g/mol. The summed E-state index contributed by atoms with van der Waals surface area (Å²) < 4.78 is 0. The van der Waals surface area contributed by atoms with Crippen LogP contribution in [-0.2, 0) is 17.9 Å². The number of hydrogen-bond donors (Lipinski definition) is 2. The second-order valence-electron chi connectivity index (χ2n) is 7.87. The first-order chi connectivity index (χ1) is 14.6. The van der Waals surface area contributed by atoms with Crippen LogP contribution < -0.4 is 15.5 Å². The molecule has 160 valence electrons. The predicted octanol–water partition coefficient (Wildman–Crippen LogP) is 3.00. The molecule has 1 unspecified atom stereocenters. The largest absolute Gasteiger partial charge is 0.355 e. The number of nitrogens with zero attached hydrogens (tertiary/aromatic N) is 3. The molecule has 0 aliphatic carbocycles. The molecule has 30 heavy (non-hydrogen) atoms. The predicted molar refractivity (Wildman–Crippen MR) is 124 cm³/mol. The molecule has 0 bridgehead atoms. The van der Waals surface area contributed by atoms with E-state index in [1.807, 2.05) is 23.1 Å². The van der Waals surface area contributed by atoms with Crippen LogP contribution in [0, 0.1) is 0 Å². The topological polar surface area (TPSA) is 60.0 Å². The van der Waals surface area contributed by atoms with Crippen molar-refractivity contribution >= 4 is 17.6 Å². The van der Waals surface area contributed by atoms with Crippen molar-refractivity contribution in [2.45, 2.75) is 38.9 Å². The van der Waals surface area contributed by atoms with Crippen molar-refractivity contribution in [1.82, 2.24) is 15.5 Å². The summed E-state index contributed by atoms with van der Waals surface area (Å²) in [6, 6.07) is 19.1. The minimum atomic E-state index is 0.219. The normalized spacial score (nSPS) is 15.5. The summed E-state index contributed by atoms with van der Waals surface area (Å²) in [5.74, 6) is 1.01. The highest BCUT2D eigenvalue weighted by Crippen LogP contribution is 2.21. The fourth-order valence-electron chi connectivity index (χ4n) is 3.55. The minimum absolute atomic E-state index is 0.219. The van der Waals surface area contributed by atoms with Crippen molar-refractivity contribution in [3.63, 3.8) is 0 Å². The summed E-state index contributed by atoms with van der Waals surface area (Å²) in [6.07, 6.45) is 1.60. The van der Waals surface area contributed by atoms with Crippen molar-refractivity contribution in [2.24, 2.45) is 4.99 Å². The lowest BCUT2D eigenvalue weighted by atomic mass is 10.2. The number of likely N-dealkylation sites (N-methyl/N-ethyl adjacent to an activating group) is 1. The standard InChI is InChI=1S/C24H33N5O/c1-19(28(3)18-21-8-5-4-6-9-21)16-26-24(25-2)27-17-20-11-13-22(14-12-20)29-15-7-10-23(29)30/h4-6,8-9,11-14,19H,7,10,15-18H2,1-3H3,(H2,25,26,27). The van der Waals surface area contributed by atoms with Gasteiger partial charge in [0.1, 0.15) is 0 Å². The van der Waals surface area contributed by atoms with Crippen LogP contribution in [0.5, 0.6) is 0 Å². The van der Waals surface area contributed by atoms with Gasteiger partial charge in [0.2, 0.25) is 5.91 Å². The number of nitrogens with one attached hydrogen (secondary N) is 2. The average molecular weight is 408 g/mol. The molecule has 1 amide bonds. The van der Waals surface area contributed by atoms with Gasteiger partial charge in [-0.05, 0) is 43.7 Å². The molecule has 1 saturated heterocycles. The molecule has 6 heteroatoms. The Morgan fingerprint density at radius 2 is 1.83 bits per heavy atom. The van der Waals surface area contributed by atoms with E-state index < -0.39 is 0 Å². The van der Waals surface area contributed by atoms with Gasteiger partial charge in [0.05, 0.1) is 0 Å². The molecular formula is C24H33N5O. The SMILES string of the molecule is CN=C(NCc1ccc(N2CCCC2=O)cc1)NCC(C)N(C)Cc1ccccc1. The van der Waals surface area contributed by atoms with E-state index in [0.717, 1.165) is 43.3 Å². The van der Waals surface area contributed by atoms with Gasteiger partial charge in [-0.2, -0.15) is 0 Å². The van der Waals surface area contributed by atoms with Crippen LogP contribution in [0.1, 0.15) is 30.9 Å². The second kappa shape index (κ2) is 10.8. The Balaban J connectivity index is 1.43. The number of carbonyl (C=O) groups is 1. The molecule has 1 heterocycles. The Bertz CT molecular complexity index is 834. The number of carbonyl (C=O) groups excluding carboxylic acids is 1. The average Bonchev–Trinajstić information content (AvgIpc) is 3.20. The lowest BCUT2D eigenvalue weighted by Gasteiger charge is -2.26. The molecule has 1 aliphatic rings. The van der Waals surface area contributed by atoms with Gasteiger partial charge in [-0.15, -0.1) is 0 Å².